The Morgan fingerprint density at radius 2 is 1.58 bits per heavy atom. The molecule has 2 atom stereocenters. The third-order valence-electron chi connectivity index (χ3n) is 6.35. The summed E-state index contributed by atoms with van der Waals surface area (Å²) in [5.74, 6) is 2.72. The number of likely N-dealkylation sites (tertiary alicyclic amines) is 1. The van der Waals surface area contributed by atoms with Crippen LogP contribution < -0.4 is 0 Å². The Labute approximate surface area is 151 Å². The van der Waals surface area contributed by atoms with E-state index in [-0.39, 0.29) is 0 Å². The molecule has 0 aromatic rings. The molecule has 142 valence electrons. The molecule has 0 spiro atoms. The summed E-state index contributed by atoms with van der Waals surface area (Å²) < 4.78 is 5.52. The highest BCUT2D eigenvalue weighted by molar-refractivity contribution is 4.86. The minimum atomic E-state index is 0.463. The fourth-order valence-electron chi connectivity index (χ4n) is 4.99. The average Bonchev–Trinajstić information content (AvgIpc) is 2.48. The van der Waals surface area contributed by atoms with Gasteiger partial charge >= 0.3 is 0 Å². The molecule has 2 heterocycles. The van der Waals surface area contributed by atoms with Crippen LogP contribution in [0.3, 0.4) is 0 Å². The van der Waals surface area contributed by atoms with Gasteiger partial charge in [-0.05, 0) is 87.1 Å². The van der Waals surface area contributed by atoms with Crippen LogP contribution in [0.15, 0.2) is 0 Å². The Morgan fingerprint density at radius 1 is 0.917 bits per heavy atom. The maximum Gasteiger partial charge on any atom is 0.0468 e. The molecule has 0 aliphatic carbocycles. The van der Waals surface area contributed by atoms with Gasteiger partial charge in [0.2, 0.25) is 0 Å². The van der Waals surface area contributed by atoms with E-state index in [9.17, 15) is 0 Å². The molecule has 2 heteroatoms. The van der Waals surface area contributed by atoms with E-state index >= 15 is 0 Å². The summed E-state index contributed by atoms with van der Waals surface area (Å²) in [6.07, 6.45) is 9.56. The molecular formula is C22H43NO. The van der Waals surface area contributed by atoms with Gasteiger partial charge in [-0.2, -0.15) is 0 Å². The van der Waals surface area contributed by atoms with E-state index in [4.69, 9.17) is 4.74 Å². The normalized spacial score (nSPS) is 28.2. The van der Waals surface area contributed by atoms with Crippen LogP contribution in [0.25, 0.3) is 0 Å². The Balaban J connectivity index is 1.88. The molecule has 2 aliphatic rings. The van der Waals surface area contributed by atoms with Gasteiger partial charge in [0.1, 0.15) is 0 Å². The fourth-order valence-corrected chi connectivity index (χ4v) is 4.99. The first-order chi connectivity index (χ1) is 11.1. The summed E-state index contributed by atoms with van der Waals surface area (Å²) in [6.45, 7) is 16.9. The zero-order chi connectivity index (χ0) is 17.8. The minimum Gasteiger partial charge on any atom is -0.381 e. The number of hydrogen-bond acceptors (Lipinski definition) is 2. The summed E-state index contributed by atoms with van der Waals surface area (Å²) in [5.41, 5.74) is 0.947. The summed E-state index contributed by atoms with van der Waals surface area (Å²) in [5, 5.41) is 0. The molecule has 0 aromatic carbocycles. The zero-order valence-corrected chi connectivity index (χ0v) is 17.4. The van der Waals surface area contributed by atoms with Gasteiger partial charge in [-0.1, -0.05) is 34.6 Å². The molecule has 2 aliphatic heterocycles. The third-order valence-corrected chi connectivity index (χ3v) is 6.35. The van der Waals surface area contributed by atoms with Crippen LogP contribution in [0.4, 0.5) is 0 Å². The molecule has 2 rings (SSSR count). The second-order valence-electron chi connectivity index (χ2n) is 10.8. The van der Waals surface area contributed by atoms with Crippen LogP contribution in [0, 0.1) is 28.6 Å². The van der Waals surface area contributed by atoms with Crippen molar-refractivity contribution in [3.05, 3.63) is 0 Å². The number of nitrogens with zero attached hydrogens (tertiary/aromatic N) is 1. The highest BCUT2D eigenvalue weighted by Crippen LogP contribution is 2.42. The van der Waals surface area contributed by atoms with Gasteiger partial charge in [-0.3, -0.25) is 0 Å². The van der Waals surface area contributed by atoms with Crippen LogP contribution in [-0.2, 0) is 4.74 Å². The summed E-state index contributed by atoms with van der Waals surface area (Å²) in [7, 11) is 2.31. The number of piperidine rings is 1. The summed E-state index contributed by atoms with van der Waals surface area (Å²) in [4.78, 5) is 2.57. The predicted octanol–water partition coefficient (Wildman–Crippen LogP) is 5.61. The third kappa shape index (κ3) is 7.04. The predicted molar refractivity (Wildman–Crippen MR) is 104 cm³/mol. The molecule has 24 heavy (non-hydrogen) atoms. The molecule has 2 unspecified atom stereocenters. The zero-order valence-electron chi connectivity index (χ0n) is 17.4. The van der Waals surface area contributed by atoms with Crippen LogP contribution >= 0.6 is 0 Å². The van der Waals surface area contributed by atoms with Gasteiger partial charge in [0.15, 0.2) is 0 Å². The highest BCUT2D eigenvalue weighted by Gasteiger charge is 2.34. The van der Waals surface area contributed by atoms with Crippen molar-refractivity contribution < 1.29 is 4.74 Å². The second-order valence-corrected chi connectivity index (χ2v) is 10.8. The van der Waals surface area contributed by atoms with Crippen molar-refractivity contribution in [2.24, 2.45) is 28.6 Å². The second kappa shape index (κ2) is 8.54. The standard InChI is InChI=1S/C22H43NO/c1-21(2,3)15-19-8-12-23(6)17-20(19)16-22(4,5)11-7-18-9-13-24-14-10-18/h18-20H,7-17H2,1-6H3. The van der Waals surface area contributed by atoms with Crippen molar-refractivity contribution in [2.75, 3.05) is 33.4 Å². The van der Waals surface area contributed by atoms with E-state index in [0.29, 0.717) is 10.8 Å². The molecule has 2 saturated heterocycles. The molecule has 0 saturated carbocycles. The smallest absolute Gasteiger partial charge is 0.0468 e. The first-order valence-electron chi connectivity index (χ1n) is 10.4. The molecule has 0 amide bonds. The van der Waals surface area contributed by atoms with Crippen LogP contribution in [0.1, 0.15) is 79.6 Å². The van der Waals surface area contributed by atoms with Gasteiger partial charge in [-0.15, -0.1) is 0 Å². The van der Waals surface area contributed by atoms with E-state index in [1.54, 1.807) is 0 Å². The van der Waals surface area contributed by atoms with E-state index < -0.39 is 0 Å². The summed E-state index contributed by atoms with van der Waals surface area (Å²) in [6, 6.07) is 0. The van der Waals surface area contributed by atoms with Crippen molar-refractivity contribution in [1.29, 1.82) is 0 Å². The van der Waals surface area contributed by atoms with E-state index in [1.807, 2.05) is 0 Å². The van der Waals surface area contributed by atoms with Crippen LogP contribution in [-0.4, -0.2) is 38.3 Å². The molecular weight excluding hydrogens is 294 g/mol. The maximum absolute atomic E-state index is 5.52. The number of ether oxygens (including phenoxy) is 1. The Kier molecular flexibility index (Phi) is 7.20. The highest BCUT2D eigenvalue weighted by atomic mass is 16.5. The van der Waals surface area contributed by atoms with Gasteiger partial charge in [-0.25, -0.2) is 0 Å². The number of hydrogen-bond donors (Lipinski definition) is 0. The molecule has 0 aromatic heterocycles. The average molecular weight is 338 g/mol. The maximum atomic E-state index is 5.52. The number of rotatable bonds is 6. The molecule has 2 fully saturated rings. The van der Waals surface area contributed by atoms with Gasteiger partial charge in [0, 0.05) is 19.8 Å². The first-order valence-corrected chi connectivity index (χ1v) is 10.4. The Hall–Kier alpha value is -0.0800. The van der Waals surface area contributed by atoms with Crippen molar-refractivity contribution in [3.63, 3.8) is 0 Å². The lowest BCUT2D eigenvalue weighted by Gasteiger charge is -2.43. The SMILES string of the molecule is CN1CCC(CC(C)(C)C)C(CC(C)(C)CCC2CCOCC2)C1. The van der Waals surface area contributed by atoms with Gasteiger partial charge in [0.25, 0.3) is 0 Å². The van der Waals surface area contributed by atoms with E-state index in [1.165, 1.54) is 58.0 Å². The Bertz CT molecular complexity index is 365. The fraction of sp³-hybridized carbons (Fsp3) is 1.00. The van der Waals surface area contributed by atoms with Gasteiger partial charge in [0.05, 0.1) is 0 Å². The first kappa shape index (κ1) is 20.2. The van der Waals surface area contributed by atoms with E-state index in [0.717, 1.165) is 31.0 Å². The van der Waals surface area contributed by atoms with Crippen molar-refractivity contribution in [3.8, 4) is 0 Å². The lowest BCUT2D eigenvalue weighted by atomic mass is 9.68. The Morgan fingerprint density at radius 3 is 2.21 bits per heavy atom. The summed E-state index contributed by atoms with van der Waals surface area (Å²) >= 11 is 0. The topological polar surface area (TPSA) is 12.5 Å². The van der Waals surface area contributed by atoms with Crippen LogP contribution in [0.5, 0.6) is 0 Å². The molecule has 0 radical (unpaired) electrons. The van der Waals surface area contributed by atoms with Crippen LogP contribution in [0.2, 0.25) is 0 Å². The van der Waals surface area contributed by atoms with Crippen molar-refractivity contribution in [1.82, 2.24) is 4.90 Å². The minimum absolute atomic E-state index is 0.463. The lowest BCUT2D eigenvalue weighted by Crippen LogP contribution is -2.41. The lowest BCUT2D eigenvalue weighted by molar-refractivity contribution is 0.0506. The monoisotopic (exact) mass is 337 g/mol. The quantitative estimate of drug-likeness (QED) is 0.624. The van der Waals surface area contributed by atoms with Crippen molar-refractivity contribution in [2.45, 2.75) is 79.6 Å². The molecule has 0 bridgehead atoms. The molecule has 0 N–H and O–H groups in total. The largest absolute Gasteiger partial charge is 0.381 e. The van der Waals surface area contributed by atoms with E-state index in [2.05, 4.69) is 46.6 Å². The van der Waals surface area contributed by atoms with Crippen molar-refractivity contribution >= 4 is 0 Å². The molecule has 2 nitrogen and oxygen atoms in total. The van der Waals surface area contributed by atoms with Gasteiger partial charge < -0.3 is 9.64 Å².